The highest BCUT2D eigenvalue weighted by molar-refractivity contribution is 7.93. The van der Waals surface area contributed by atoms with Crippen LogP contribution in [0.15, 0.2) is 41.4 Å². The summed E-state index contributed by atoms with van der Waals surface area (Å²) in [6.07, 6.45) is 1.53. The first kappa shape index (κ1) is 13.4. The van der Waals surface area contributed by atoms with Crippen LogP contribution in [0.4, 0.5) is 11.5 Å². The fourth-order valence-electron chi connectivity index (χ4n) is 1.81. The lowest BCUT2D eigenvalue weighted by Gasteiger charge is -2.13. The van der Waals surface area contributed by atoms with E-state index in [9.17, 15) is 8.42 Å². The normalized spacial score (nSPS) is 11.3. The van der Waals surface area contributed by atoms with Crippen molar-refractivity contribution in [1.82, 2.24) is 4.98 Å². The monoisotopic (exact) mass is 277 g/mol. The number of pyridine rings is 1. The highest BCUT2D eigenvalue weighted by Gasteiger charge is 2.20. The molecular formula is C13H15N3O2S. The van der Waals surface area contributed by atoms with Gasteiger partial charge in [-0.15, -0.1) is 0 Å². The maximum atomic E-state index is 12.4. The molecule has 6 heteroatoms. The van der Waals surface area contributed by atoms with Gasteiger partial charge in [0.2, 0.25) is 0 Å². The van der Waals surface area contributed by atoms with Crippen molar-refractivity contribution in [1.29, 1.82) is 0 Å². The van der Waals surface area contributed by atoms with Crippen LogP contribution in [0.2, 0.25) is 0 Å². The van der Waals surface area contributed by atoms with E-state index in [0.29, 0.717) is 11.4 Å². The molecule has 2 aromatic rings. The van der Waals surface area contributed by atoms with E-state index >= 15 is 0 Å². The van der Waals surface area contributed by atoms with E-state index < -0.39 is 10.0 Å². The number of sulfonamides is 1. The van der Waals surface area contributed by atoms with Gasteiger partial charge >= 0.3 is 0 Å². The molecule has 0 radical (unpaired) electrons. The lowest BCUT2D eigenvalue weighted by atomic mass is 10.2. The van der Waals surface area contributed by atoms with E-state index in [1.54, 1.807) is 44.2 Å². The number of benzene rings is 1. The van der Waals surface area contributed by atoms with Crippen LogP contribution in [0.25, 0.3) is 0 Å². The topological polar surface area (TPSA) is 85.1 Å². The molecule has 1 aromatic carbocycles. The average Bonchev–Trinajstić information content (AvgIpc) is 2.31. The molecular weight excluding hydrogens is 262 g/mol. The number of aryl methyl sites for hydroxylation is 2. The second kappa shape index (κ2) is 4.89. The van der Waals surface area contributed by atoms with Gasteiger partial charge in [0.25, 0.3) is 10.0 Å². The average molecular weight is 277 g/mol. The Balaban J connectivity index is 2.47. The lowest BCUT2D eigenvalue weighted by molar-refractivity contribution is 0.601. The van der Waals surface area contributed by atoms with Crippen molar-refractivity contribution >= 4 is 21.5 Å². The lowest BCUT2D eigenvalue weighted by Crippen LogP contribution is -2.17. The van der Waals surface area contributed by atoms with Crippen LogP contribution in [-0.4, -0.2) is 13.4 Å². The van der Waals surface area contributed by atoms with Crippen molar-refractivity contribution in [3.05, 3.63) is 47.7 Å². The van der Waals surface area contributed by atoms with Crippen LogP contribution in [0.1, 0.15) is 11.1 Å². The molecule has 0 aliphatic carbocycles. The molecule has 0 unspecified atom stereocenters. The van der Waals surface area contributed by atoms with Crippen LogP contribution < -0.4 is 10.5 Å². The highest BCUT2D eigenvalue weighted by Crippen LogP contribution is 2.25. The van der Waals surface area contributed by atoms with Crippen molar-refractivity contribution in [2.75, 3.05) is 10.5 Å². The Kier molecular flexibility index (Phi) is 3.44. The molecule has 0 amide bonds. The van der Waals surface area contributed by atoms with Crippen molar-refractivity contribution in [2.24, 2.45) is 0 Å². The summed E-state index contributed by atoms with van der Waals surface area (Å²) in [5.41, 5.74) is 7.33. The minimum absolute atomic E-state index is 0.0973. The van der Waals surface area contributed by atoms with Crippen LogP contribution in [0.5, 0.6) is 0 Å². The molecule has 0 saturated heterocycles. The zero-order valence-corrected chi connectivity index (χ0v) is 11.5. The van der Waals surface area contributed by atoms with E-state index in [2.05, 4.69) is 9.71 Å². The predicted octanol–water partition coefficient (Wildman–Crippen LogP) is 2.08. The molecule has 1 aromatic heterocycles. The number of aromatic nitrogens is 1. The molecule has 3 N–H and O–H groups in total. The zero-order chi connectivity index (χ0) is 14.0. The zero-order valence-electron chi connectivity index (χ0n) is 10.7. The fourth-order valence-corrected chi connectivity index (χ4v) is 3.25. The number of nitrogen functional groups attached to an aromatic ring is 1. The van der Waals surface area contributed by atoms with Gasteiger partial charge in [-0.1, -0.05) is 18.2 Å². The second-order valence-electron chi connectivity index (χ2n) is 4.27. The molecule has 1 heterocycles. The van der Waals surface area contributed by atoms with E-state index in [1.165, 1.54) is 6.20 Å². The number of hydrogen-bond donors (Lipinski definition) is 2. The van der Waals surface area contributed by atoms with Crippen molar-refractivity contribution in [3.63, 3.8) is 0 Å². The summed E-state index contributed by atoms with van der Waals surface area (Å²) in [6, 6.07) is 8.51. The van der Waals surface area contributed by atoms with E-state index in [1.807, 2.05) is 0 Å². The molecule has 100 valence electrons. The second-order valence-corrected chi connectivity index (χ2v) is 5.89. The summed E-state index contributed by atoms with van der Waals surface area (Å²) >= 11 is 0. The van der Waals surface area contributed by atoms with Gasteiger partial charge in [0.15, 0.2) is 0 Å². The quantitative estimate of drug-likeness (QED) is 0.841. The number of nitrogens with one attached hydrogen (secondary N) is 1. The Hall–Kier alpha value is -2.08. The third kappa shape index (κ3) is 2.68. The number of nitrogens with two attached hydrogens (primary N) is 1. The number of anilines is 2. The molecule has 0 saturated carbocycles. The number of rotatable bonds is 3. The number of nitrogens with zero attached hydrogens (tertiary/aromatic N) is 1. The van der Waals surface area contributed by atoms with Gasteiger partial charge in [-0.05, 0) is 37.1 Å². The third-order valence-electron chi connectivity index (χ3n) is 2.75. The molecule has 0 aliphatic heterocycles. The molecule has 2 rings (SSSR count). The van der Waals surface area contributed by atoms with Gasteiger partial charge < -0.3 is 5.73 Å². The van der Waals surface area contributed by atoms with Crippen LogP contribution in [0.3, 0.4) is 0 Å². The maximum absolute atomic E-state index is 12.4. The van der Waals surface area contributed by atoms with E-state index in [-0.39, 0.29) is 10.6 Å². The largest absolute Gasteiger partial charge is 0.398 e. The summed E-state index contributed by atoms with van der Waals surface area (Å²) in [4.78, 5) is 4.11. The Morgan fingerprint density at radius 3 is 2.42 bits per heavy atom. The standard InChI is InChI=1S/C13H15N3O2S/c1-9-5-3-7-11(14)12(9)19(17,18)16-13-10(2)6-4-8-15-13/h3-8H,14H2,1-2H3,(H,15,16). The maximum Gasteiger partial charge on any atom is 0.265 e. The number of hydrogen-bond acceptors (Lipinski definition) is 4. The summed E-state index contributed by atoms with van der Waals surface area (Å²) in [6.45, 7) is 3.49. The molecule has 0 bridgehead atoms. The van der Waals surface area contributed by atoms with Gasteiger partial charge in [0, 0.05) is 6.20 Å². The molecule has 0 atom stereocenters. The van der Waals surface area contributed by atoms with Gasteiger partial charge in [-0.25, -0.2) is 13.4 Å². The van der Waals surface area contributed by atoms with Gasteiger partial charge in [-0.2, -0.15) is 0 Å². The van der Waals surface area contributed by atoms with Crippen LogP contribution in [0, 0.1) is 13.8 Å². The van der Waals surface area contributed by atoms with Crippen LogP contribution in [-0.2, 0) is 10.0 Å². The van der Waals surface area contributed by atoms with E-state index in [0.717, 1.165) is 5.56 Å². The Morgan fingerprint density at radius 1 is 1.11 bits per heavy atom. The highest BCUT2D eigenvalue weighted by atomic mass is 32.2. The molecule has 19 heavy (non-hydrogen) atoms. The Bertz CT molecular complexity index is 691. The van der Waals surface area contributed by atoms with Crippen molar-refractivity contribution < 1.29 is 8.42 Å². The first-order valence-corrected chi connectivity index (χ1v) is 7.19. The minimum atomic E-state index is -3.73. The summed E-state index contributed by atoms with van der Waals surface area (Å²) < 4.78 is 27.2. The SMILES string of the molecule is Cc1cccnc1NS(=O)(=O)c1c(C)cccc1N. The summed E-state index contributed by atoms with van der Waals surface area (Å²) in [5.74, 6) is 0.310. The molecule has 0 aliphatic rings. The summed E-state index contributed by atoms with van der Waals surface area (Å²) in [5, 5.41) is 0. The Labute approximate surface area is 112 Å². The van der Waals surface area contributed by atoms with E-state index in [4.69, 9.17) is 5.73 Å². The third-order valence-corrected chi connectivity index (χ3v) is 4.31. The van der Waals surface area contributed by atoms with Gasteiger partial charge in [0.05, 0.1) is 5.69 Å². The summed E-state index contributed by atoms with van der Waals surface area (Å²) in [7, 11) is -3.73. The fraction of sp³-hybridized carbons (Fsp3) is 0.154. The first-order chi connectivity index (χ1) is 8.92. The van der Waals surface area contributed by atoms with Crippen molar-refractivity contribution in [3.8, 4) is 0 Å². The van der Waals surface area contributed by atoms with Crippen molar-refractivity contribution in [2.45, 2.75) is 18.7 Å². The molecule has 0 fully saturated rings. The van der Waals surface area contributed by atoms with Gasteiger partial charge in [0.1, 0.15) is 10.7 Å². The minimum Gasteiger partial charge on any atom is -0.398 e. The van der Waals surface area contributed by atoms with Crippen LogP contribution >= 0.6 is 0 Å². The smallest absolute Gasteiger partial charge is 0.265 e. The predicted molar refractivity (Wildman–Crippen MR) is 75.4 cm³/mol. The molecule has 5 nitrogen and oxygen atoms in total. The first-order valence-electron chi connectivity index (χ1n) is 5.71. The van der Waals surface area contributed by atoms with Gasteiger partial charge in [-0.3, -0.25) is 4.72 Å². The molecule has 0 spiro atoms. The Morgan fingerprint density at radius 2 is 1.79 bits per heavy atom.